The highest BCUT2D eigenvalue weighted by atomic mass is 127. The van der Waals surface area contributed by atoms with Crippen molar-refractivity contribution >= 4 is 22.6 Å². The van der Waals surface area contributed by atoms with Gasteiger partial charge in [-0.2, -0.15) is 0 Å². The summed E-state index contributed by atoms with van der Waals surface area (Å²) in [6.07, 6.45) is 1.87. The Morgan fingerprint density at radius 3 is 2.40 bits per heavy atom. The van der Waals surface area contributed by atoms with Crippen LogP contribution in [-0.4, -0.2) is 33.2 Å². The molecular weight excluding hydrogens is 241 g/mol. The van der Waals surface area contributed by atoms with Crippen molar-refractivity contribution in [3.8, 4) is 0 Å². The normalized spacial score (nSPS) is 26.7. The molecule has 0 radical (unpaired) electrons. The van der Waals surface area contributed by atoms with Crippen molar-refractivity contribution in [3.05, 3.63) is 0 Å². The molecule has 0 aliphatic carbocycles. The Kier molecular flexibility index (Phi) is 3.39. The third kappa shape index (κ3) is 2.36. The highest BCUT2D eigenvalue weighted by Crippen LogP contribution is 2.15. The molecule has 1 saturated heterocycles. The molecule has 0 spiro atoms. The summed E-state index contributed by atoms with van der Waals surface area (Å²) in [5.74, 6) is 0. The number of halogens is 1. The molecule has 0 aromatic carbocycles. The van der Waals surface area contributed by atoms with E-state index in [1.54, 1.807) is 0 Å². The Balaban J connectivity index is 2.26. The molecule has 1 N–H and O–H groups in total. The van der Waals surface area contributed by atoms with Crippen LogP contribution in [0.1, 0.15) is 19.8 Å². The molecule has 1 atom stereocenters. The van der Waals surface area contributed by atoms with Gasteiger partial charge in [-0.05, 0) is 19.8 Å². The number of nitrogens with zero attached hydrogens (tertiary/aromatic N) is 1. The van der Waals surface area contributed by atoms with E-state index in [1.165, 1.54) is 0 Å². The van der Waals surface area contributed by atoms with Crippen LogP contribution in [0, 0.1) is 0 Å². The van der Waals surface area contributed by atoms with Gasteiger partial charge in [0.2, 0.25) is 0 Å². The zero-order valence-corrected chi connectivity index (χ0v) is 8.41. The lowest BCUT2D eigenvalue weighted by molar-refractivity contribution is 0.0824. The van der Waals surface area contributed by atoms with Crippen LogP contribution in [0.25, 0.3) is 0 Å². The number of hydrogen-bond donors (Lipinski definition) is 1. The first-order chi connectivity index (χ1) is 4.70. The zero-order valence-electron chi connectivity index (χ0n) is 6.26. The lowest BCUT2D eigenvalue weighted by Crippen LogP contribution is -2.38. The minimum absolute atomic E-state index is 0.0357. The molecule has 1 unspecified atom stereocenters. The molecule has 1 aliphatic rings. The van der Waals surface area contributed by atoms with Crippen LogP contribution in [0.15, 0.2) is 0 Å². The third-order valence-corrected chi connectivity index (χ3v) is 2.79. The van der Waals surface area contributed by atoms with Gasteiger partial charge in [0, 0.05) is 13.1 Å². The van der Waals surface area contributed by atoms with Crippen molar-refractivity contribution in [2.75, 3.05) is 13.1 Å². The van der Waals surface area contributed by atoms with Crippen LogP contribution < -0.4 is 0 Å². The summed E-state index contributed by atoms with van der Waals surface area (Å²) < 4.78 is 0.616. The van der Waals surface area contributed by atoms with E-state index in [1.807, 2.05) is 0 Å². The minimum atomic E-state index is -0.0357. The van der Waals surface area contributed by atoms with E-state index < -0.39 is 0 Å². The van der Waals surface area contributed by atoms with Crippen molar-refractivity contribution in [1.82, 2.24) is 4.90 Å². The second kappa shape index (κ2) is 3.88. The molecule has 1 fully saturated rings. The van der Waals surface area contributed by atoms with E-state index in [4.69, 9.17) is 0 Å². The van der Waals surface area contributed by atoms with Gasteiger partial charge in [0.1, 0.15) is 0 Å². The maximum atomic E-state index is 9.18. The number of likely N-dealkylation sites (tertiary alicyclic amines) is 1. The number of aliphatic hydroxyl groups is 1. The largest absolute Gasteiger partial charge is 0.393 e. The molecule has 3 heteroatoms. The summed E-state index contributed by atoms with van der Waals surface area (Å²) in [4.78, 5) is 2.40. The predicted molar refractivity (Wildman–Crippen MR) is 50.3 cm³/mol. The second-order valence-corrected chi connectivity index (χ2v) is 4.64. The first-order valence-corrected chi connectivity index (χ1v) is 5.01. The Morgan fingerprint density at radius 2 is 2.00 bits per heavy atom. The molecule has 1 heterocycles. The first kappa shape index (κ1) is 8.74. The SMILES string of the molecule is CC(I)N1CCC(O)CC1. The van der Waals surface area contributed by atoms with Gasteiger partial charge in [-0.25, -0.2) is 0 Å². The zero-order chi connectivity index (χ0) is 7.56. The summed E-state index contributed by atoms with van der Waals surface area (Å²) >= 11 is 2.41. The topological polar surface area (TPSA) is 23.5 Å². The smallest absolute Gasteiger partial charge is 0.0589 e. The number of piperidine rings is 1. The van der Waals surface area contributed by atoms with Gasteiger partial charge in [-0.1, -0.05) is 22.6 Å². The quantitative estimate of drug-likeness (QED) is 0.432. The summed E-state index contributed by atoms with van der Waals surface area (Å²) in [6.45, 7) is 4.31. The Morgan fingerprint density at radius 1 is 1.50 bits per heavy atom. The van der Waals surface area contributed by atoms with E-state index in [0.29, 0.717) is 4.05 Å². The van der Waals surface area contributed by atoms with E-state index in [2.05, 4.69) is 34.4 Å². The van der Waals surface area contributed by atoms with Crippen LogP contribution in [0.5, 0.6) is 0 Å². The standard InChI is InChI=1S/C7H14INO/c1-6(8)9-4-2-7(10)3-5-9/h6-7,10H,2-5H2,1H3. The van der Waals surface area contributed by atoms with E-state index in [0.717, 1.165) is 25.9 Å². The number of aliphatic hydroxyl groups excluding tert-OH is 1. The molecule has 0 amide bonds. The van der Waals surface area contributed by atoms with Crippen molar-refractivity contribution in [2.24, 2.45) is 0 Å². The Labute approximate surface area is 75.7 Å². The molecular formula is C7H14INO. The molecule has 1 aliphatic heterocycles. The minimum Gasteiger partial charge on any atom is -0.393 e. The summed E-state index contributed by atoms with van der Waals surface area (Å²) in [6, 6.07) is 0. The highest BCUT2D eigenvalue weighted by Gasteiger charge is 2.18. The van der Waals surface area contributed by atoms with Crippen LogP contribution in [0.3, 0.4) is 0 Å². The van der Waals surface area contributed by atoms with Gasteiger partial charge in [-0.15, -0.1) is 0 Å². The fourth-order valence-corrected chi connectivity index (χ4v) is 1.80. The summed E-state index contributed by atoms with van der Waals surface area (Å²) in [5.41, 5.74) is 0. The van der Waals surface area contributed by atoms with Crippen LogP contribution in [0.4, 0.5) is 0 Å². The Bertz CT molecular complexity index is 99.8. The van der Waals surface area contributed by atoms with E-state index >= 15 is 0 Å². The van der Waals surface area contributed by atoms with Crippen LogP contribution in [-0.2, 0) is 0 Å². The lowest BCUT2D eigenvalue weighted by Gasteiger charge is -2.31. The monoisotopic (exact) mass is 255 g/mol. The van der Waals surface area contributed by atoms with Gasteiger partial charge < -0.3 is 5.11 Å². The maximum absolute atomic E-state index is 9.18. The number of alkyl halides is 1. The third-order valence-electron chi connectivity index (χ3n) is 2.00. The second-order valence-electron chi connectivity index (χ2n) is 2.84. The average molecular weight is 255 g/mol. The van der Waals surface area contributed by atoms with Gasteiger partial charge in [0.05, 0.1) is 10.2 Å². The van der Waals surface area contributed by atoms with Gasteiger partial charge in [-0.3, -0.25) is 4.90 Å². The van der Waals surface area contributed by atoms with E-state index in [9.17, 15) is 5.11 Å². The van der Waals surface area contributed by atoms with Crippen LogP contribution >= 0.6 is 22.6 Å². The average Bonchev–Trinajstić information content (AvgIpc) is 1.88. The number of rotatable bonds is 1. The number of hydrogen-bond acceptors (Lipinski definition) is 2. The summed E-state index contributed by atoms with van der Waals surface area (Å²) in [5, 5.41) is 9.18. The lowest BCUT2D eigenvalue weighted by atomic mass is 10.1. The molecule has 2 nitrogen and oxygen atoms in total. The molecule has 10 heavy (non-hydrogen) atoms. The van der Waals surface area contributed by atoms with Gasteiger partial charge in [0.25, 0.3) is 0 Å². The molecule has 0 bridgehead atoms. The van der Waals surface area contributed by atoms with E-state index in [-0.39, 0.29) is 6.10 Å². The fourth-order valence-electron chi connectivity index (χ4n) is 1.24. The highest BCUT2D eigenvalue weighted by molar-refractivity contribution is 14.1. The molecule has 0 aromatic heterocycles. The fraction of sp³-hybridized carbons (Fsp3) is 1.00. The maximum Gasteiger partial charge on any atom is 0.0589 e. The van der Waals surface area contributed by atoms with Crippen molar-refractivity contribution < 1.29 is 5.11 Å². The molecule has 60 valence electrons. The van der Waals surface area contributed by atoms with Crippen molar-refractivity contribution in [2.45, 2.75) is 29.9 Å². The van der Waals surface area contributed by atoms with Gasteiger partial charge >= 0.3 is 0 Å². The van der Waals surface area contributed by atoms with Gasteiger partial charge in [0.15, 0.2) is 0 Å². The molecule has 1 rings (SSSR count). The predicted octanol–water partition coefficient (Wildman–Crippen LogP) is 1.22. The van der Waals surface area contributed by atoms with Crippen molar-refractivity contribution in [1.29, 1.82) is 0 Å². The molecule has 0 aromatic rings. The van der Waals surface area contributed by atoms with Crippen LogP contribution in [0.2, 0.25) is 0 Å². The Hall–Kier alpha value is 0.650. The van der Waals surface area contributed by atoms with Crippen molar-refractivity contribution in [3.63, 3.8) is 0 Å². The summed E-state index contributed by atoms with van der Waals surface area (Å²) in [7, 11) is 0. The molecule has 0 saturated carbocycles. The first-order valence-electron chi connectivity index (χ1n) is 3.76.